The number of benzene rings is 1. The molecular formula is C11H16N2O3. The summed E-state index contributed by atoms with van der Waals surface area (Å²) >= 11 is 0. The van der Waals surface area contributed by atoms with Crippen molar-refractivity contribution >= 4 is 5.84 Å². The molecule has 0 aliphatic heterocycles. The van der Waals surface area contributed by atoms with Crippen molar-refractivity contribution in [2.75, 3.05) is 13.7 Å². The first kappa shape index (κ1) is 12.3. The molecule has 1 atom stereocenters. The molecule has 0 aliphatic rings. The van der Waals surface area contributed by atoms with E-state index in [9.17, 15) is 0 Å². The van der Waals surface area contributed by atoms with E-state index in [1.807, 2.05) is 6.92 Å². The molecule has 0 fully saturated rings. The molecular weight excluding hydrogens is 208 g/mol. The zero-order valence-electron chi connectivity index (χ0n) is 9.38. The van der Waals surface area contributed by atoms with E-state index in [1.165, 1.54) is 0 Å². The molecule has 0 aliphatic carbocycles. The third kappa shape index (κ3) is 3.43. The van der Waals surface area contributed by atoms with E-state index < -0.39 is 0 Å². The zero-order valence-corrected chi connectivity index (χ0v) is 9.38. The maximum atomic E-state index is 8.49. The van der Waals surface area contributed by atoms with Crippen molar-refractivity contribution in [3.63, 3.8) is 0 Å². The number of amidine groups is 1. The van der Waals surface area contributed by atoms with Gasteiger partial charge in [-0.3, -0.25) is 0 Å². The largest absolute Gasteiger partial charge is 0.488 e. The Morgan fingerprint density at radius 1 is 1.44 bits per heavy atom. The van der Waals surface area contributed by atoms with Crippen LogP contribution in [0.4, 0.5) is 0 Å². The van der Waals surface area contributed by atoms with Gasteiger partial charge in [-0.1, -0.05) is 5.16 Å². The summed E-state index contributed by atoms with van der Waals surface area (Å²) in [6.07, 6.45) is -0.0142. The summed E-state index contributed by atoms with van der Waals surface area (Å²) in [5, 5.41) is 11.4. The highest BCUT2D eigenvalue weighted by atomic mass is 16.5. The molecule has 0 spiro atoms. The number of rotatable bonds is 5. The maximum absolute atomic E-state index is 8.49. The molecule has 0 aromatic heterocycles. The van der Waals surface area contributed by atoms with Crippen LogP contribution in [0.15, 0.2) is 29.4 Å². The van der Waals surface area contributed by atoms with Crippen molar-refractivity contribution in [2.24, 2.45) is 10.9 Å². The molecule has 1 aromatic carbocycles. The van der Waals surface area contributed by atoms with Gasteiger partial charge >= 0.3 is 0 Å². The van der Waals surface area contributed by atoms with Crippen LogP contribution in [0.1, 0.15) is 12.5 Å². The predicted octanol–water partition coefficient (Wildman–Crippen LogP) is 1.19. The summed E-state index contributed by atoms with van der Waals surface area (Å²) in [4.78, 5) is 0. The summed E-state index contributed by atoms with van der Waals surface area (Å²) in [5.41, 5.74) is 6.08. The molecule has 1 aromatic rings. The fraction of sp³-hybridized carbons (Fsp3) is 0.364. The molecule has 0 heterocycles. The van der Waals surface area contributed by atoms with Crippen molar-refractivity contribution in [3.8, 4) is 5.75 Å². The number of nitrogens with zero attached hydrogens (tertiary/aromatic N) is 1. The fourth-order valence-corrected chi connectivity index (χ4v) is 1.26. The first-order valence-corrected chi connectivity index (χ1v) is 4.91. The van der Waals surface area contributed by atoms with Crippen molar-refractivity contribution in [3.05, 3.63) is 29.8 Å². The third-order valence-electron chi connectivity index (χ3n) is 2.00. The van der Waals surface area contributed by atoms with E-state index in [1.54, 1.807) is 31.4 Å². The Morgan fingerprint density at radius 2 is 2.06 bits per heavy atom. The molecule has 0 saturated carbocycles. The van der Waals surface area contributed by atoms with Crippen LogP contribution in [0.25, 0.3) is 0 Å². The van der Waals surface area contributed by atoms with Gasteiger partial charge in [0.2, 0.25) is 0 Å². The Bertz CT molecular complexity index is 349. The second-order valence-corrected chi connectivity index (χ2v) is 3.39. The topological polar surface area (TPSA) is 77.1 Å². The van der Waals surface area contributed by atoms with Crippen molar-refractivity contribution in [1.29, 1.82) is 0 Å². The van der Waals surface area contributed by atoms with Crippen molar-refractivity contribution in [1.82, 2.24) is 0 Å². The molecule has 88 valence electrons. The molecule has 0 amide bonds. The molecule has 0 radical (unpaired) electrons. The third-order valence-corrected chi connectivity index (χ3v) is 2.00. The second kappa shape index (κ2) is 5.97. The Hall–Kier alpha value is -1.75. The minimum Gasteiger partial charge on any atom is -0.488 e. The quantitative estimate of drug-likeness (QED) is 0.341. The molecule has 16 heavy (non-hydrogen) atoms. The molecule has 5 heteroatoms. The maximum Gasteiger partial charge on any atom is 0.170 e. The van der Waals surface area contributed by atoms with E-state index in [-0.39, 0.29) is 11.9 Å². The lowest BCUT2D eigenvalue weighted by molar-refractivity contribution is 0.0921. The van der Waals surface area contributed by atoms with E-state index >= 15 is 0 Å². The second-order valence-electron chi connectivity index (χ2n) is 3.39. The highest BCUT2D eigenvalue weighted by Crippen LogP contribution is 2.13. The average molecular weight is 224 g/mol. The molecule has 3 N–H and O–H groups in total. The van der Waals surface area contributed by atoms with Gasteiger partial charge in [0.05, 0.1) is 6.61 Å². The van der Waals surface area contributed by atoms with Crippen LogP contribution in [-0.4, -0.2) is 30.9 Å². The summed E-state index contributed by atoms with van der Waals surface area (Å²) in [7, 11) is 1.63. The van der Waals surface area contributed by atoms with E-state index in [4.69, 9.17) is 20.4 Å². The Balaban J connectivity index is 2.64. The lowest BCUT2D eigenvalue weighted by Crippen LogP contribution is -2.18. The van der Waals surface area contributed by atoms with Crippen LogP contribution in [0.2, 0.25) is 0 Å². The van der Waals surface area contributed by atoms with Crippen LogP contribution in [-0.2, 0) is 4.74 Å². The SMILES string of the molecule is COCC(C)Oc1ccc(C(N)=NO)cc1. The van der Waals surface area contributed by atoms with Gasteiger partial charge < -0.3 is 20.4 Å². The van der Waals surface area contributed by atoms with Crippen LogP contribution >= 0.6 is 0 Å². The fourth-order valence-electron chi connectivity index (χ4n) is 1.26. The van der Waals surface area contributed by atoms with Crippen molar-refractivity contribution in [2.45, 2.75) is 13.0 Å². The summed E-state index contributed by atoms with van der Waals surface area (Å²) in [6, 6.07) is 6.98. The number of hydrogen-bond acceptors (Lipinski definition) is 4. The highest BCUT2D eigenvalue weighted by molar-refractivity contribution is 5.97. The lowest BCUT2D eigenvalue weighted by Gasteiger charge is -2.13. The molecule has 0 saturated heterocycles. The monoisotopic (exact) mass is 224 g/mol. The predicted molar refractivity (Wildman–Crippen MR) is 60.9 cm³/mol. The van der Waals surface area contributed by atoms with Gasteiger partial charge in [0, 0.05) is 12.7 Å². The van der Waals surface area contributed by atoms with Crippen LogP contribution in [0, 0.1) is 0 Å². The number of ether oxygens (including phenoxy) is 2. The number of oxime groups is 1. The van der Waals surface area contributed by atoms with Gasteiger partial charge in [-0.2, -0.15) is 0 Å². The smallest absolute Gasteiger partial charge is 0.170 e. The molecule has 5 nitrogen and oxygen atoms in total. The standard InChI is InChI=1S/C11H16N2O3/c1-8(7-15-2)16-10-5-3-9(4-6-10)11(12)13-14/h3-6,8,14H,7H2,1-2H3,(H2,12,13). The van der Waals surface area contributed by atoms with Gasteiger partial charge in [0.1, 0.15) is 11.9 Å². The number of nitrogens with two attached hydrogens (primary N) is 1. The van der Waals surface area contributed by atoms with E-state index in [2.05, 4.69) is 5.16 Å². The van der Waals surface area contributed by atoms with Crippen LogP contribution in [0.3, 0.4) is 0 Å². The zero-order chi connectivity index (χ0) is 12.0. The van der Waals surface area contributed by atoms with E-state index in [0.29, 0.717) is 12.2 Å². The Morgan fingerprint density at radius 3 is 2.56 bits per heavy atom. The summed E-state index contributed by atoms with van der Waals surface area (Å²) in [6.45, 7) is 2.45. The number of methoxy groups -OCH3 is 1. The van der Waals surface area contributed by atoms with Crippen molar-refractivity contribution < 1.29 is 14.7 Å². The molecule has 0 bridgehead atoms. The average Bonchev–Trinajstić information content (AvgIpc) is 2.29. The summed E-state index contributed by atoms with van der Waals surface area (Å²) < 4.78 is 10.5. The lowest BCUT2D eigenvalue weighted by atomic mass is 10.2. The van der Waals surface area contributed by atoms with Gasteiger partial charge in [0.25, 0.3) is 0 Å². The highest BCUT2D eigenvalue weighted by Gasteiger charge is 2.04. The minimum absolute atomic E-state index is 0.0142. The Kier molecular flexibility index (Phi) is 4.60. The van der Waals surface area contributed by atoms with Crippen LogP contribution in [0.5, 0.6) is 5.75 Å². The van der Waals surface area contributed by atoms with Gasteiger partial charge in [-0.05, 0) is 31.2 Å². The molecule has 1 rings (SSSR count). The first-order valence-electron chi connectivity index (χ1n) is 4.91. The summed E-state index contributed by atoms with van der Waals surface area (Å²) in [5.74, 6) is 0.801. The van der Waals surface area contributed by atoms with Crippen LogP contribution < -0.4 is 10.5 Å². The van der Waals surface area contributed by atoms with Gasteiger partial charge in [-0.25, -0.2) is 0 Å². The van der Waals surface area contributed by atoms with Gasteiger partial charge in [-0.15, -0.1) is 0 Å². The van der Waals surface area contributed by atoms with Gasteiger partial charge in [0.15, 0.2) is 5.84 Å². The number of hydrogen-bond donors (Lipinski definition) is 2. The minimum atomic E-state index is -0.0142. The van der Waals surface area contributed by atoms with E-state index in [0.717, 1.165) is 5.75 Å². The molecule has 1 unspecified atom stereocenters. The Labute approximate surface area is 94.5 Å². The first-order chi connectivity index (χ1) is 7.67. The normalized spacial score (nSPS) is 13.5.